The molecule has 2 nitrogen and oxygen atoms in total. The highest BCUT2D eigenvalue weighted by molar-refractivity contribution is 4.82. The van der Waals surface area contributed by atoms with E-state index < -0.39 is 0 Å². The molecule has 0 rings (SSSR count). The van der Waals surface area contributed by atoms with Crippen molar-refractivity contribution >= 4 is 0 Å². The predicted octanol–water partition coefficient (Wildman–Crippen LogP) is 9.54. The van der Waals surface area contributed by atoms with Gasteiger partial charge in [-0.3, -0.25) is 0 Å². The summed E-state index contributed by atoms with van der Waals surface area (Å²) < 4.78 is 11.1. The lowest BCUT2D eigenvalue weighted by Gasteiger charge is -2.05. The van der Waals surface area contributed by atoms with E-state index in [0.717, 1.165) is 19.6 Å². The average Bonchev–Trinajstić information content (AvgIpc) is 2.76. The molecule has 0 N–H and O–H groups in total. The van der Waals surface area contributed by atoms with Crippen molar-refractivity contribution in [1.29, 1.82) is 0 Å². The fraction of sp³-hybridized carbons (Fsp3) is 0.857. The Labute approximate surface area is 189 Å². The molecule has 0 aromatic carbocycles. The van der Waals surface area contributed by atoms with Gasteiger partial charge in [-0.2, -0.15) is 0 Å². The quantitative estimate of drug-likeness (QED) is 0.0828. The Morgan fingerprint density at radius 2 is 0.833 bits per heavy atom. The van der Waals surface area contributed by atoms with Crippen molar-refractivity contribution < 1.29 is 9.47 Å². The smallest absolute Gasteiger partial charge is 0.146 e. The molecule has 0 aliphatic heterocycles. The molecule has 0 saturated heterocycles. The first-order valence-corrected chi connectivity index (χ1v) is 13.4. The maximum Gasteiger partial charge on any atom is 0.146 e. The Hall–Kier alpha value is -0.600. The summed E-state index contributed by atoms with van der Waals surface area (Å²) in [5.41, 5.74) is 0. The van der Waals surface area contributed by atoms with Crippen LogP contribution in [0, 0.1) is 0 Å². The zero-order valence-electron chi connectivity index (χ0n) is 20.7. The Morgan fingerprint density at radius 3 is 1.43 bits per heavy atom. The minimum Gasteiger partial charge on any atom is -0.355 e. The lowest BCUT2D eigenvalue weighted by atomic mass is 10.1. The monoisotopic (exact) mass is 422 g/mol. The summed E-state index contributed by atoms with van der Waals surface area (Å²) in [4.78, 5) is 0. The Morgan fingerprint density at radius 1 is 0.400 bits per heavy atom. The first-order chi connectivity index (χ1) is 14.9. The molecule has 2 heteroatoms. The summed E-state index contributed by atoms with van der Waals surface area (Å²) in [5.74, 6) is 0. The molecule has 0 radical (unpaired) electrons. The highest BCUT2D eigenvalue weighted by Crippen LogP contribution is 2.10. The maximum absolute atomic E-state index is 5.54. The van der Waals surface area contributed by atoms with Crippen LogP contribution in [0.1, 0.15) is 136 Å². The van der Waals surface area contributed by atoms with E-state index in [0.29, 0.717) is 6.79 Å². The van der Waals surface area contributed by atoms with Crippen LogP contribution in [0.5, 0.6) is 0 Å². The molecule has 178 valence electrons. The Balaban J connectivity index is 3.10. The van der Waals surface area contributed by atoms with E-state index in [-0.39, 0.29) is 0 Å². The molecule has 0 aliphatic rings. The van der Waals surface area contributed by atoms with Gasteiger partial charge in [-0.15, -0.1) is 0 Å². The number of hydrogen-bond donors (Lipinski definition) is 0. The molecule has 0 heterocycles. The molecule has 0 bridgehead atoms. The van der Waals surface area contributed by atoms with Gasteiger partial charge in [0.05, 0.1) is 6.61 Å². The zero-order chi connectivity index (χ0) is 21.8. The Kier molecular flexibility index (Phi) is 27.8. The van der Waals surface area contributed by atoms with Crippen molar-refractivity contribution in [3.05, 3.63) is 24.3 Å². The van der Waals surface area contributed by atoms with Gasteiger partial charge in [0.15, 0.2) is 0 Å². The Bertz CT molecular complexity index is 349. The number of unbranched alkanes of at least 4 members (excludes halogenated alkanes) is 15. The molecule has 0 unspecified atom stereocenters. The van der Waals surface area contributed by atoms with Gasteiger partial charge in [0, 0.05) is 6.61 Å². The highest BCUT2D eigenvalue weighted by Gasteiger charge is 1.93. The minimum atomic E-state index is 0.457. The van der Waals surface area contributed by atoms with Gasteiger partial charge in [0.25, 0.3) is 0 Å². The van der Waals surface area contributed by atoms with Gasteiger partial charge in [-0.1, -0.05) is 115 Å². The van der Waals surface area contributed by atoms with Gasteiger partial charge in [0.2, 0.25) is 0 Å². The largest absolute Gasteiger partial charge is 0.355 e. The maximum atomic E-state index is 5.54. The van der Waals surface area contributed by atoms with Gasteiger partial charge in [0.1, 0.15) is 6.79 Å². The lowest BCUT2D eigenvalue weighted by molar-refractivity contribution is -0.0531. The summed E-state index contributed by atoms with van der Waals surface area (Å²) in [6.07, 6.45) is 34.3. The van der Waals surface area contributed by atoms with Crippen molar-refractivity contribution in [3.8, 4) is 0 Å². The van der Waals surface area contributed by atoms with Crippen molar-refractivity contribution in [2.75, 3.05) is 20.0 Å². The third kappa shape index (κ3) is 27.4. The molecule has 0 spiro atoms. The molecule has 0 saturated carbocycles. The molecule has 0 aromatic rings. The predicted molar refractivity (Wildman–Crippen MR) is 134 cm³/mol. The summed E-state index contributed by atoms with van der Waals surface area (Å²) in [6.45, 7) is 6.60. The third-order valence-electron chi connectivity index (χ3n) is 5.54. The van der Waals surface area contributed by atoms with E-state index in [2.05, 4.69) is 38.2 Å². The van der Waals surface area contributed by atoms with Crippen LogP contribution >= 0.6 is 0 Å². The van der Waals surface area contributed by atoms with Crippen molar-refractivity contribution in [1.82, 2.24) is 0 Å². The third-order valence-corrected chi connectivity index (χ3v) is 5.54. The van der Waals surface area contributed by atoms with Crippen molar-refractivity contribution in [2.45, 2.75) is 136 Å². The SMILES string of the molecule is CCCC/C=C\CCCCCCCC/C=C/CCOCOCCCCCCCCC. The summed E-state index contributed by atoms with van der Waals surface area (Å²) in [6, 6.07) is 0. The van der Waals surface area contributed by atoms with Crippen LogP contribution < -0.4 is 0 Å². The van der Waals surface area contributed by atoms with E-state index in [4.69, 9.17) is 9.47 Å². The van der Waals surface area contributed by atoms with E-state index in [1.807, 2.05) is 0 Å². The number of hydrogen-bond acceptors (Lipinski definition) is 2. The molecule has 0 aromatic heterocycles. The summed E-state index contributed by atoms with van der Waals surface area (Å²) in [5, 5.41) is 0. The second-order valence-corrected chi connectivity index (χ2v) is 8.63. The van der Waals surface area contributed by atoms with E-state index in [9.17, 15) is 0 Å². The average molecular weight is 423 g/mol. The lowest BCUT2D eigenvalue weighted by Crippen LogP contribution is -2.02. The second-order valence-electron chi connectivity index (χ2n) is 8.63. The van der Waals surface area contributed by atoms with Gasteiger partial charge in [-0.05, 0) is 44.9 Å². The first kappa shape index (κ1) is 29.4. The highest BCUT2D eigenvalue weighted by atomic mass is 16.7. The summed E-state index contributed by atoms with van der Waals surface area (Å²) in [7, 11) is 0. The molecule has 0 atom stereocenters. The van der Waals surface area contributed by atoms with Gasteiger partial charge < -0.3 is 9.47 Å². The second kappa shape index (κ2) is 28.4. The van der Waals surface area contributed by atoms with Crippen LogP contribution in [-0.2, 0) is 9.47 Å². The zero-order valence-corrected chi connectivity index (χ0v) is 20.7. The van der Waals surface area contributed by atoms with Crippen LogP contribution in [0.15, 0.2) is 24.3 Å². The van der Waals surface area contributed by atoms with Crippen LogP contribution in [0.3, 0.4) is 0 Å². The number of rotatable bonds is 25. The van der Waals surface area contributed by atoms with Crippen molar-refractivity contribution in [3.63, 3.8) is 0 Å². The number of allylic oxidation sites excluding steroid dienone is 3. The van der Waals surface area contributed by atoms with Crippen LogP contribution in [-0.4, -0.2) is 20.0 Å². The van der Waals surface area contributed by atoms with Crippen molar-refractivity contribution in [2.24, 2.45) is 0 Å². The van der Waals surface area contributed by atoms with Crippen LogP contribution in [0.2, 0.25) is 0 Å². The molecule has 0 amide bonds. The van der Waals surface area contributed by atoms with E-state index in [1.165, 1.54) is 116 Å². The molecular formula is C28H54O2. The van der Waals surface area contributed by atoms with Gasteiger partial charge in [-0.25, -0.2) is 0 Å². The van der Waals surface area contributed by atoms with E-state index in [1.54, 1.807) is 0 Å². The molecule has 30 heavy (non-hydrogen) atoms. The fourth-order valence-corrected chi connectivity index (χ4v) is 3.51. The van der Waals surface area contributed by atoms with Crippen LogP contribution in [0.25, 0.3) is 0 Å². The standard InChI is InChI=1S/C28H54O2/c1-3-5-7-9-11-12-13-14-15-16-17-18-19-21-23-25-27-30-28-29-26-24-22-20-10-8-6-4-2/h9,11,21,23H,3-8,10,12-20,22,24-28H2,1-2H3/b11-9-,23-21+. The number of ether oxygens (including phenoxy) is 2. The summed E-state index contributed by atoms with van der Waals surface area (Å²) >= 11 is 0. The fourth-order valence-electron chi connectivity index (χ4n) is 3.51. The minimum absolute atomic E-state index is 0.457. The molecular weight excluding hydrogens is 368 g/mol. The molecule has 0 fully saturated rings. The van der Waals surface area contributed by atoms with E-state index >= 15 is 0 Å². The van der Waals surface area contributed by atoms with Crippen LogP contribution in [0.4, 0.5) is 0 Å². The molecule has 0 aliphatic carbocycles. The first-order valence-electron chi connectivity index (χ1n) is 13.4. The topological polar surface area (TPSA) is 18.5 Å². The van der Waals surface area contributed by atoms with Gasteiger partial charge >= 0.3 is 0 Å². The normalized spacial score (nSPS) is 11.9.